The molecular weight excluding hydrogens is 516 g/mol. The van der Waals surface area contributed by atoms with Crippen LogP contribution in [-0.4, -0.2) is 24.7 Å². The lowest BCUT2D eigenvalue weighted by Crippen LogP contribution is -2.39. The Hall–Kier alpha value is -2.40. The molecule has 196 valence electrons. The number of allylic oxidation sites excluding steroid dienone is 12. The van der Waals surface area contributed by atoms with Crippen molar-refractivity contribution in [3.05, 3.63) is 68.9 Å². The first-order chi connectivity index (χ1) is 16.4. The first kappa shape index (κ1) is 25.3. The largest absolute Gasteiger partial charge is 0.413 e. The minimum absolute atomic E-state index is 0.0234. The Morgan fingerprint density at radius 1 is 0.361 bits per heavy atom. The molecule has 0 fully saturated rings. The minimum Gasteiger partial charge on any atom is -0.166 e. The van der Waals surface area contributed by atoms with E-state index in [1.54, 1.807) is 0 Å². The first-order valence-corrected chi connectivity index (χ1v) is 11.0. The van der Waals surface area contributed by atoms with Crippen LogP contribution in [-0.2, 0) is 0 Å². The molecule has 0 aromatic heterocycles. The van der Waals surface area contributed by atoms with Crippen molar-refractivity contribution in [3.63, 3.8) is 0 Å². The highest BCUT2D eigenvalue weighted by molar-refractivity contribution is 5.56. The van der Waals surface area contributed by atoms with Crippen LogP contribution < -0.4 is 0 Å². The zero-order valence-corrected chi connectivity index (χ0v) is 18.0. The lowest BCUT2D eigenvalue weighted by atomic mass is 9.62. The molecule has 10 rings (SSSR count). The van der Waals surface area contributed by atoms with E-state index < -0.39 is 70.7 Å². The van der Waals surface area contributed by atoms with Gasteiger partial charge in [0.05, 0.1) is 22.3 Å². The maximum Gasteiger partial charge on any atom is 0.413 e. The van der Waals surface area contributed by atoms with E-state index in [0.717, 1.165) is 24.3 Å². The second-order valence-electron chi connectivity index (χ2n) is 9.52. The molecule has 0 aliphatic heterocycles. The molecular formula is C24H16F12. The van der Waals surface area contributed by atoms with Crippen LogP contribution in [0.2, 0.25) is 0 Å². The summed E-state index contributed by atoms with van der Waals surface area (Å²) < 4.78 is 166. The summed E-state index contributed by atoms with van der Waals surface area (Å²) in [5.74, 6) is -6.96. The average molecular weight is 532 g/mol. The Labute approximate surface area is 196 Å². The molecule has 36 heavy (non-hydrogen) atoms. The number of hydrogen-bond donors (Lipinski definition) is 0. The fraction of sp³-hybridized carbons (Fsp3) is 0.500. The topological polar surface area (TPSA) is 0 Å². The summed E-state index contributed by atoms with van der Waals surface area (Å²) in [5, 5.41) is 0. The van der Waals surface area contributed by atoms with Crippen molar-refractivity contribution in [2.45, 2.75) is 50.4 Å². The number of rotatable bonds is 0. The molecule has 10 aliphatic carbocycles. The predicted molar refractivity (Wildman–Crippen MR) is 103 cm³/mol. The number of hydrogen-bond acceptors (Lipinski definition) is 0. The van der Waals surface area contributed by atoms with Crippen LogP contribution >= 0.6 is 0 Å². The summed E-state index contributed by atoms with van der Waals surface area (Å²) in [5.41, 5.74) is -7.01. The van der Waals surface area contributed by atoms with Gasteiger partial charge < -0.3 is 0 Å². The van der Waals surface area contributed by atoms with Gasteiger partial charge in [0.15, 0.2) is 0 Å². The van der Waals surface area contributed by atoms with Crippen molar-refractivity contribution in [1.82, 2.24) is 0 Å². The van der Waals surface area contributed by atoms with Gasteiger partial charge in [-0.2, -0.15) is 52.7 Å². The normalized spacial score (nSPS) is 30.8. The van der Waals surface area contributed by atoms with E-state index in [1.165, 1.54) is 0 Å². The molecule has 0 saturated carbocycles. The van der Waals surface area contributed by atoms with Gasteiger partial charge >= 0.3 is 24.7 Å². The van der Waals surface area contributed by atoms with Crippen molar-refractivity contribution < 1.29 is 52.7 Å². The molecule has 0 spiro atoms. The van der Waals surface area contributed by atoms with Gasteiger partial charge in [-0.25, -0.2) is 0 Å². The lowest BCUT2D eigenvalue weighted by molar-refractivity contribution is -0.124. The van der Waals surface area contributed by atoms with E-state index in [2.05, 4.69) is 0 Å². The third kappa shape index (κ3) is 3.86. The van der Waals surface area contributed by atoms with Crippen molar-refractivity contribution in [2.24, 2.45) is 23.7 Å². The number of alkyl halides is 12. The fourth-order valence-electron chi connectivity index (χ4n) is 6.29. The average Bonchev–Trinajstić information content (AvgIpc) is 2.71. The van der Waals surface area contributed by atoms with Crippen LogP contribution in [0.15, 0.2) is 68.9 Å². The van der Waals surface area contributed by atoms with Gasteiger partial charge in [0, 0.05) is 23.7 Å². The van der Waals surface area contributed by atoms with Gasteiger partial charge in [-0.05, 0) is 25.7 Å². The fourth-order valence-corrected chi connectivity index (χ4v) is 6.29. The predicted octanol–water partition coefficient (Wildman–Crippen LogP) is 8.63. The zero-order valence-electron chi connectivity index (χ0n) is 18.0. The van der Waals surface area contributed by atoms with Crippen LogP contribution in [0, 0.1) is 23.7 Å². The Balaban J connectivity index is 1.59. The Kier molecular flexibility index (Phi) is 5.31. The highest BCUT2D eigenvalue weighted by atomic mass is 19.4. The van der Waals surface area contributed by atoms with Crippen LogP contribution in [0.25, 0.3) is 0 Å². The van der Waals surface area contributed by atoms with Crippen LogP contribution in [0.1, 0.15) is 25.7 Å². The molecule has 4 unspecified atom stereocenters. The summed E-state index contributed by atoms with van der Waals surface area (Å²) in [7, 11) is 0. The molecule has 0 aromatic carbocycles. The van der Waals surface area contributed by atoms with E-state index in [9.17, 15) is 52.7 Å². The van der Waals surface area contributed by atoms with Crippen molar-refractivity contribution in [1.29, 1.82) is 0 Å². The second kappa shape index (κ2) is 7.56. The van der Waals surface area contributed by atoms with Gasteiger partial charge in [-0.15, -0.1) is 0 Å². The molecule has 4 atom stereocenters. The van der Waals surface area contributed by atoms with E-state index in [4.69, 9.17) is 0 Å². The van der Waals surface area contributed by atoms with Crippen LogP contribution in [0.5, 0.6) is 0 Å². The smallest absolute Gasteiger partial charge is 0.166 e. The molecule has 0 aromatic rings. The van der Waals surface area contributed by atoms with Gasteiger partial charge in [-0.3, -0.25) is 0 Å². The monoisotopic (exact) mass is 532 g/mol. The lowest BCUT2D eigenvalue weighted by Gasteiger charge is -2.44. The summed E-state index contributed by atoms with van der Waals surface area (Å²) in [6.45, 7) is 0. The van der Waals surface area contributed by atoms with E-state index in [1.807, 2.05) is 0 Å². The first-order valence-electron chi connectivity index (χ1n) is 11.0. The quantitative estimate of drug-likeness (QED) is 0.217. The molecule has 0 N–H and O–H groups in total. The van der Waals surface area contributed by atoms with Gasteiger partial charge in [0.2, 0.25) is 0 Å². The van der Waals surface area contributed by atoms with Crippen molar-refractivity contribution in [2.75, 3.05) is 0 Å². The molecule has 10 aliphatic rings. The molecule has 8 bridgehead atoms. The van der Waals surface area contributed by atoms with Crippen LogP contribution in [0.4, 0.5) is 52.7 Å². The van der Waals surface area contributed by atoms with Gasteiger partial charge in [0.1, 0.15) is 0 Å². The molecule has 0 saturated heterocycles. The highest BCUT2D eigenvalue weighted by Gasteiger charge is 2.57. The van der Waals surface area contributed by atoms with Crippen molar-refractivity contribution >= 4 is 0 Å². The zero-order chi connectivity index (χ0) is 26.6. The van der Waals surface area contributed by atoms with E-state index >= 15 is 0 Å². The standard InChI is InChI=1S/C24H16F12/c25-21(26,27)17-13-7-11-3-4-12-8-15-10(2-1-9(13)5-14(11)18(17)22(28,29)30)6-16(12)20(24(34,35)36)19(15)23(31,32)33/h5-8,13-16H,1-4H2. The van der Waals surface area contributed by atoms with E-state index in [-0.39, 0.29) is 48.0 Å². The molecule has 0 radical (unpaired) electrons. The third-order valence-corrected chi connectivity index (χ3v) is 7.57. The van der Waals surface area contributed by atoms with Crippen LogP contribution in [0.3, 0.4) is 0 Å². The minimum atomic E-state index is -5.29. The number of halogens is 12. The van der Waals surface area contributed by atoms with E-state index in [0.29, 0.717) is 0 Å². The summed E-state index contributed by atoms with van der Waals surface area (Å²) >= 11 is 0. The molecule has 12 heteroatoms. The highest BCUT2D eigenvalue weighted by Crippen LogP contribution is 2.59. The summed E-state index contributed by atoms with van der Waals surface area (Å²) in [6, 6.07) is 0. The summed E-state index contributed by atoms with van der Waals surface area (Å²) in [4.78, 5) is 0. The SMILES string of the molecule is FC(F)(F)C1=C(C(F)(F)F)C2C=C3CCC4=CC5C(=CC4C(C(F)(F)F)=C5C(F)(F)F)CCC2=CC31. The molecule has 0 nitrogen and oxygen atoms in total. The molecule has 0 amide bonds. The third-order valence-electron chi connectivity index (χ3n) is 7.57. The Bertz CT molecular complexity index is 1000. The van der Waals surface area contributed by atoms with Crippen molar-refractivity contribution in [3.8, 4) is 0 Å². The Morgan fingerprint density at radius 3 is 0.667 bits per heavy atom. The maximum atomic E-state index is 13.8. The second-order valence-corrected chi connectivity index (χ2v) is 9.52. The van der Waals surface area contributed by atoms with Gasteiger partial charge in [-0.1, -0.05) is 46.6 Å². The van der Waals surface area contributed by atoms with Gasteiger partial charge in [0.25, 0.3) is 0 Å². The molecule has 0 heterocycles. The maximum absolute atomic E-state index is 13.8. The summed E-state index contributed by atoms with van der Waals surface area (Å²) in [6.07, 6.45) is -18.0. The Morgan fingerprint density at radius 2 is 0.528 bits per heavy atom.